The summed E-state index contributed by atoms with van der Waals surface area (Å²) in [6, 6.07) is 17.2. The van der Waals surface area contributed by atoms with Crippen LogP contribution in [0.1, 0.15) is 29.5 Å². The summed E-state index contributed by atoms with van der Waals surface area (Å²) in [5, 5.41) is 9.63. The lowest BCUT2D eigenvalue weighted by Crippen LogP contribution is -2.47. The Morgan fingerprint density at radius 3 is 2.09 bits per heavy atom. The maximum absolute atomic E-state index is 11.6. The first-order valence-electron chi connectivity index (χ1n) is 11.5. The molecule has 0 spiro atoms. The first kappa shape index (κ1) is 22.1. The molecule has 0 unspecified atom stereocenters. The number of benzene rings is 2. The zero-order chi connectivity index (χ0) is 22.2. The van der Waals surface area contributed by atoms with E-state index < -0.39 is 0 Å². The average Bonchev–Trinajstić information content (AvgIpc) is 3.34. The van der Waals surface area contributed by atoms with Crippen LogP contribution >= 0.6 is 0 Å². The van der Waals surface area contributed by atoms with E-state index in [1.54, 1.807) is 7.05 Å². The van der Waals surface area contributed by atoms with E-state index >= 15 is 0 Å². The van der Waals surface area contributed by atoms with Gasteiger partial charge in [0.15, 0.2) is 5.96 Å². The van der Waals surface area contributed by atoms with Crippen molar-refractivity contribution < 1.29 is 4.79 Å². The second-order valence-corrected chi connectivity index (χ2v) is 8.52. The van der Waals surface area contributed by atoms with E-state index in [0.717, 1.165) is 31.3 Å². The number of amides is 1. The molecular weight excluding hydrogens is 400 g/mol. The van der Waals surface area contributed by atoms with Crippen molar-refractivity contribution in [1.29, 1.82) is 0 Å². The maximum atomic E-state index is 11.6. The third-order valence-electron chi connectivity index (χ3n) is 6.11. The van der Waals surface area contributed by atoms with Gasteiger partial charge in [0, 0.05) is 45.5 Å². The van der Waals surface area contributed by atoms with Crippen molar-refractivity contribution in [3.63, 3.8) is 0 Å². The van der Waals surface area contributed by atoms with E-state index in [2.05, 4.69) is 79.3 Å². The molecule has 2 aromatic rings. The summed E-state index contributed by atoms with van der Waals surface area (Å²) in [4.78, 5) is 20.6. The normalized spacial score (nSPS) is 17.3. The van der Waals surface area contributed by atoms with Crippen molar-refractivity contribution in [1.82, 2.24) is 20.9 Å². The molecule has 2 aliphatic rings. The Balaban J connectivity index is 1.22. The Bertz CT molecular complexity index is 903. The zero-order valence-electron chi connectivity index (χ0n) is 18.9. The van der Waals surface area contributed by atoms with Crippen LogP contribution in [0.5, 0.6) is 0 Å². The molecule has 1 amide bonds. The number of likely N-dealkylation sites (tertiary alicyclic amines) is 1. The molecule has 2 aliphatic heterocycles. The van der Waals surface area contributed by atoms with E-state index in [4.69, 9.17) is 0 Å². The molecule has 0 radical (unpaired) electrons. The lowest BCUT2D eigenvalue weighted by atomic mass is 10.1. The smallest absolute Gasteiger partial charge is 0.239 e. The Labute approximate surface area is 190 Å². The van der Waals surface area contributed by atoms with Gasteiger partial charge in [-0.05, 0) is 54.8 Å². The third-order valence-corrected chi connectivity index (χ3v) is 6.11. The van der Waals surface area contributed by atoms with Gasteiger partial charge in [-0.2, -0.15) is 0 Å². The van der Waals surface area contributed by atoms with Gasteiger partial charge in [0.2, 0.25) is 5.91 Å². The second kappa shape index (κ2) is 11.0. The quantitative estimate of drug-likeness (QED) is 0.460. The van der Waals surface area contributed by atoms with Crippen LogP contribution in [0.4, 0.5) is 5.69 Å². The van der Waals surface area contributed by atoms with Gasteiger partial charge < -0.3 is 20.9 Å². The van der Waals surface area contributed by atoms with Gasteiger partial charge in [-0.25, -0.2) is 0 Å². The van der Waals surface area contributed by atoms with E-state index in [9.17, 15) is 4.79 Å². The first-order valence-corrected chi connectivity index (χ1v) is 11.5. The predicted octanol–water partition coefficient (Wildman–Crippen LogP) is 2.08. The molecule has 170 valence electrons. The minimum Gasteiger partial charge on any atom is -0.360 e. The number of hydrogen-bond donors (Lipinski definition) is 3. The third kappa shape index (κ3) is 6.23. The fraction of sp³-hybridized carbons (Fsp3) is 0.440. The summed E-state index contributed by atoms with van der Waals surface area (Å²) in [6.45, 7) is 6.90. The van der Waals surface area contributed by atoms with Crippen LogP contribution in [-0.2, 0) is 24.4 Å². The number of guanidine groups is 1. The standard InChI is InChI=1S/C25H34N6O/c1-26-25(28-16-20-4-6-22(7-5-20)18-30-13-2-3-14-30)29-17-21-8-10-23(11-9-21)31-15-12-27-24(32)19-31/h4-11H,2-3,12-19H2,1H3,(H,27,32)(H2,26,28,29). The summed E-state index contributed by atoms with van der Waals surface area (Å²) in [5.41, 5.74) is 4.88. The van der Waals surface area contributed by atoms with Crippen LogP contribution in [0.3, 0.4) is 0 Å². The van der Waals surface area contributed by atoms with Gasteiger partial charge in [0.05, 0.1) is 6.54 Å². The topological polar surface area (TPSA) is 72.0 Å². The van der Waals surface area contributed by atoms with E-state index in [0.29, 0.717) is 19.6 Å². The molecule has 0 aromatic heterocycles. The van der Waals surface area contributed by atoms with Gasteiger partial charge in [-0.1, -0.05) is 36.4 Å². The number of hydrogen-bond acceptors (Lipinski definition) is 4. The largest absolute Gasteiger partial charge is 0.360 e. The van der Waals surface area contributed by atoms with Crippen molar-refractivity contribution in [3.05, 3.63) is 65.2 Å². The SMILES string of the molecule is CN=C(NCc1ccc(CN2CCCC2)cc1)NCc1ccc(N2CCNC(=O)C2)cc1. The van der Waals surface area contributed by atoms with Gasteiger partial charge in [0.25, 0.3) is 0 Å². The van der Waals surface area contributed by atoms with Crippen molar-refractivity contribution in [2.45, 2.75) is 32.5 Å². The Hall–Kier alpha value is -3.06. The maximum Gasteiger partial charge on any atom is 0.239 e. The predicted molar refractivity (Wildman–Crippen MR) is 130 cm³/mol. The number of piperazine rings is 1. The summed E-state index contributed by atoms with van der Waals surface area (Å²) in [6.07, 6.45) is 2.66. The molecule has 32 heavy (non-hydrogen) atoms. The molecule has 0 atom stereocenters. The summed E-state index contributed by atoms with van der Waals surface area (Å²) in [7, 11) is 1.79. The molecule has 2 aromatic carbocycles. The van der Waals surface area contributed by atoms with Gasteiger partial charge >= 0.3 is 0 Å². The molecule has 0 bridgehead atoms. The molecule has 2 saturated heterocycles. The number of nitrogens with zero attached hydrogens (tertiary/aromatic N) is 3. The number of aliphatic imine (C=N–C) groups is 1. The Kier molecular flexibility index (Phi) is 7.61. The summed E-state index contributed by atoms with van der Waals surface area (Å²) < 4.78 is 0. The lowest BCUT2D eigenvalue weighted by molar-refractivity contribution is -0.120. The number of anilines is 1. The van der Waals surface area contributed by atoms with Crippen LogP contribution in [0.2, 0.25) is 0 Å². The Morgan fingerprint density at radius 2 is 1.50 bits per heavy atom. The van der Waals surface area contributed by atoms with Crippen molar-refractivity contribution >= 4 is 17.6 Å². The number of carbonyl (C=O) groups excluding carboxylic acids is 1. The molecule has 2 heterocycles. The molecule has 7 heteroatoms. The zero-order valence-corrected chi connectivity index (χ0v) is 18.9. The van der Waals surface area contributed by atoms with E-state index in [1.165, 1.54) is 42.6 Å². The van der Waals surface area contributed by atoms with Crippen LogP contribution in [0.15, 0.2) is 53.5 Å². The minimum absolute atomic E-state index is 0.0816. The molecule has 4 rings (SSSR count). The monoisotopic (exact) mass is 434 g/mol. The van der Waals surface area contributed by atoms with E-state index in [1.807, 2.05) is 0 Å². The van der Waals surface area contributed by atoms with Crippen LogP contribution in [0, 0.1) is 0 Å². The number of nitrogens with one attached hydrogen (secondary N) is 3. The van der Waals surface area contributed by atoms with Crippen molar-refractivity contribution in [3.8, 4) is 0 Å². The van der Waals surface area contributed by atoms with E-state index in [-0.39, 0.29) is 5.91 Å². The fourth-order valence-electron chi connectivity index (χ4n) is 4.24. The highest BCUT2D eigenvalue weighted by molar-refractivity contribution is 5.82. The van der Waals surface area contributed by atoms with Gasteiger partial charge in [-0.3, -0.25) is 14.7 Å². The van der Waals surface area contributed by atoms with Crippen molar-refractivity contribution in [2.75, 3.05) is 44.7 Å². The minimum atomic E-state index is 0.0816. The highest BCUT2D eigenvalue weighted by atomic mass is 16.2. The highest BCUT2D eigenvalue weighted by Crippen LogP contribution is 2.16. The summed E-state index contributed by atoms with van der Waals surface area (Å²) in [5.74, 6) is 0.862. The van der Waals surface area contributed by atoms with Gasteiger partial charge in [0.1, 0.15) is 0 Å². The number of carbonyl (C=O) groups is 1. The Morgan fingerprint density at radius 1 is 0.906 bits per heavy atom. The molecular formula is C25H34N6O. The first-order chi connectivity index (χ1) is 15.7. The lowest BCUT2D eigenvalue weighted by Gasteiger charge is -2.28. The second-order valence-electron chi connectivity index (χ2n) is 8.52. The highest BCUT2D eigenvalue weighted by Gasteiger charge is 2.16. The summed E-state index contributed by atoms with van der Waals surface area (Å²) >= 11 is 0. The molecule has 0 aliphatic carbocycles. The molecule has 7 nitrogen and oxygen atoms in total. The molecule has 0 saturated carbocycles. The van der Waals surface area contributed by atoms with Gasteiger partial charge in [-0.15, -0.1) is 0 Å². The number of rotatable bonds is 7. The molecule has 2 fully saturated rings. The van der Waals surface area contributed by atoms with Crippen LogP contribution in [0.25, 0.3) is 0 Å². The fourth-order valence-corrected chi connectivity index (χ4v) is 4.24. The van der Waals surface area contributed by atoms with Crippen LogP contribution in [-0.4, -0.2) is 56.5 Å². The molecule has 3 N–H and O–H groups in total. The average molecular weight is 435 g/mol. The van der Waals surface area contributed by atoms with Crippen molar-refractivity contribution in [2.24, 2.45) is 4.99 Å². The van der Waals surface area contributed by atoms with Crippen LogP contribution < -0.4 is 20.9 Å².